The van der Waals surface area contributed by atoms with Crippen molar-refractivity contribution in [3.8, 4) is 0 Å². The van der Waals surface area contributed by atoms with Gasteiger partial charge in [0.25, 0.3) is 5.91 Å². The maximum Gasteiger partial charge on any atom is 0.409 e. The van der Waals surface area contributed by atoms with Crippen LogP contribution in [0.15, 0.2) is 36.7 Å². The molecule has 1 N–H and O–H groups in total. The molecular formula is C18H22N6O3. The summed E-state index contributed by atoms with van der Waals surface area (Å²) < 4.78 is 5.01. The first-order chi connectivity index (χ1) is 13.2. The van der Waals surface area contributed by atoms with Gasteiger partial charge in [-0.15, -0.1) is 10.2 Å². The van der Waals surface area contributed by atoms with Gasteiger partial charge in [-0.25, -0.2) is 4.79 Å². The lowest BCUT2D eigenvalue weighted by Gasteiger charge is -2.34. The lowest BCUT2D eigenvalue weighted by atomic mass is 10.2. The molecule has 2 amide bonds. The molecule has 0 aromatic carbocycles. The minimum Gasteiger partial charge on any atom is -0.450 e. The third-order valence-electron chi connectivity index (χ3n) is 4.22. The van der Waals surface area contributed by atoms with Crippen molar-refractivity contribution in [2.24, 2.45) is 0 Å². The fourth-order valence-electron chi connectivity index (χ4n) is 2.72. The van der Waals surface area contributed by atoms with Crippen LogP contribution >= 0.6 is 0 Å². The third-order valence-corrected chi connectivity index (χ3v) is 4.22. The Labute approximate surface area is 157 Å². The van der Waals surface area contributed by atoms with Crippen molar-refractivity contribution in [3.05, 3.63) is 47.9 Å². The Bertz CT molecular complexity index is 760. The first-order valence-electron chi connectivity index (χ1n) is 8.85. The van der Waals surface area contributed by atoms with E-state index in [1.54, 1.807) is 36.4 Å². The maximum atomic E-state index is 12.2. The third kappa shape index (κ3) is 4.90. The smallest absolute Gasteiger partial charge is 0.409 e. The van der Waals surface area contributed by atoms with Gasteiger partial charge in [-0.1, -0.05) is 0 Å². The van der Waals surface area contributed by atoms with E-state index in [1.807, 2.05) is 17.0 Å². The van der Waals surface area contributed by atoms with Crippen molar-refractivity contribution in [2.45, 2.75) is 13.5 Å². The Hall–Kier alpha value is -3.23. The van der Waals surface area contributed by atoms with Crippen LogP contribution in [0.4, 0.5) is 10.6 Å². The number of hydrogen-bond acceptors (Lipinski definition) is 7. The van der Waals surface area contributed by atoms with E-state index in [4.69, 9.17) is 4.74 Å². The highest BCUT2D eigenvalue weighted by molar-refractivity contribution is 5.92. The zero-order valence-electron chi connectivity index (χ0n) is 15.2. The van der Waals surface area contributed by atoms with Gasteiger partial charge < -0.3 is 19.9 Å². The largest absolute Gasteiger partial charge is 0.450 e. The maximum absolute atomic E-state index is 12.2. The summed E-state index contributed by atoms with van der Waals surface area (Å²) in [5.74, 6) is 0.405. The van der Waals surface area contributed by atoms with Gasteiger partial charge in [0, 0.05) is 45.1 Å². The summed E-state index contributed by atoms with van der Waals surface area (Å²) in [4.78, 5) is 31.6. The number of anilines is 1. The summed E-state index contributed by atoms with van der Waals surface area (Å²) in [6.07, 6.45) is 3.07. The molecule has 1 saturated heterocycles. The van der Waals surface area contributed by atoms with Gasteiger partial charge in [0.05, 0.1) is 6.61 Å². The van der Waals surface area contributed by atoms with Crippen LogP contribution < -0.4 is 10.2 Å². The molecule has 0 atom stereocenters. The van der Waals surface area contributed by atoms with Crippen LogP contribution in [0.2, 0.25) is 0 Å². The van der Waals surface area contributed by atoms with E-state index in [1.165, 1.54) is 0 Å². The number of nitrogens with zero attached hydrogens (tertiary/aromatic N) is 5. The number of piperazine rings is 1. The number of carbonyl (C=O) groups excluding carboxylic acids is 2. The molecule has 0 bridgehead atoms. The van der Waals surface area contributed by atoms with Crippen LogP contribution in [0.3, 0.4) is 0 Å². The Morgan fingerprint density at radius 2 is 1.81 bits per heavy atom. The average molecular weight is 370 g/mol. The van der Waals surface area contributed by atoms with Gasteiger partial charge in [0.1, 0.15) is 0 Å². The molecule has 1 aliphatic rings. The van der Waals surface area contributed by atoms with E-state index >= 15 is 0 Å². The van der Waals surface area contributed by atoms with E-state index < -0.39 is 0 Å². The molecule has 3 heterocycles. The summed E-state index contributed by atoms with van der Waals surface area (Å²) in [7, 11) is 0. The topological polar surface area (TPSA) is 101 Å². The minimum atomic E-state index is -0.288. The Kier molecular flexibility index (Phi) is 6.14. The quantitative estimate of drug-likeness (QED) is 0.840. The fraction of sp³-hybridized carbons (Fsp3) is 0.389. The lowest BCUT2D eigenvalue weighted by molar-refractivity contribution is 0.0944. The molecule has 3 rings (SSSR count). The standard InChI is InChI=1S/C18H22N6O3/c1-2-27-18(26)24-11-9-23(10-12-24)16-4-3-15(21-22-16)17(25)20-13-14-5-7-19-8-6-14/h3-8H,2,9-13H2,1H3,(H,20,25). The highest BCUT2D eigenvalue weighted by atomic mass is 16.6. The zero-order valence-corrected chi connectivity index (χ0v) is 15.2. The number of aromatic nitrogens is 3. The second-order valence-corrected chi connectivity index (χ2v) is 5.99. The molecular weight excluding hydrogens is 348 g/mol. The van der Waals surface area contributed by atoms with Crippen LogP contribution in [-0.4, -0.2) is 64.9 Å². The van der Waals surface area contributed by atoms with Gasteiger partial charge in [0.2, 0.25) is 0 Å². The molecule has 0 radical (unpaired) electrons. The van der Waals surface area contributed by atoms with Gasteiger partial charge in [-0.3, -0.25) is 9.78 Å². The molecule has 9 nitrogen and oxygen atoms in total. The predicted octanol–water partition coefficient (Wildman–Crippen LogP) is 1.08. The van der Waals surface area contributed by atoms with Crippen LogP contribution in [0.1, 0.15) is 23.0 Å². The summed E-state index contributed by atoms with van der Waals surface area (Å²) in [6, 6.07) is 7.10. The zero-order chi connectivity index (χ0) is 19.1. The number of carbonyl (C=O) groups is 2. The van der Waals surface area contributed by atoms with Crippen molar-refractivity contribution < 1.29 is 14.3 Å². The predicted molar refractivity (Wildman–Crippen MR) is 98.2 cm³/mol. The molecule has 142 valence electrons. The minimum absolute atomic E-state index is 0.262. The lowest BCUT2D eigenvalue weighted by Crippen LogP contribution is -2.49. The molecule has 0 spiro atoms. The van der Waals surface area contributed by atoms with Gasteiger partial charge in [-0.05, 0) is 36.8 Å². The number of pyridine rings is 1. The molecule has 0 aliphatic carbocycles. The first kappa shape index (κ1) is 18.6. The van der Waals surface area contributed by atoms with E-state index in [0.717, 1.165) is 5.56 Å². The number of nitrogens with one attached hydrogen (secondary N) is 1. The van der Waals surface area contributed by atoms with Crippen molar-refractivity contribution >= 4 is 17.8 Å². The second kappa shape index (κ2) is 8.93. The molecule has 1 aliphatic heterocycles. The van der Waals surface area contributed by atoms with E-state index in [0.29, 0.717) is 45.1 Å². The Balaban J connectivity index is 1.51. The van der Waals surface area contributed by atoms with Crippen molar-refractivity contribution in [3.63, 3.8) is 0 Å². The van der Waals surface area contributed by atoms with Gasteiger partial charge in [0.15, 0.2) is 11.5 Å². The Morgan fingerprint density at radius 1 is 1.07 bits per heavy atom. The number of amides is 2. The van der Waals surface area contributed by atoms with Gasteiger partial charge in [-0.2, -0.15) is 0 Å². The molecule has 9 heteroatoms. The van der Waals surface area contributed by atoms with E-state index in [9.17, 15) is 9.59 Å². The summed E-state index contributed by atoms with van der Waals surface area (Å²) in [5.41, 5.74) is 1.22. The summed E-state index contributed by atoms with van der Waals surface area (Å²) in [5, 5.41) is 11.0. The molecule has 0 unspecified atom stereocenters. The van der Waals surface area contributed by atoms with Crippen LogP contribution in [-0.2, 0) is 11.3 Å². The number of rotatable bonds is 5. The van der Waals surface area contributed by atoms with Crippen molar-refractivity contribution in [2.75, 3.05) is 37.7 Å². The SMILES string of the molecule is CCOC(=O)N1CCN(c2ccc(C(=O)NCc3ccncc3)nn2)CC1. The van der Waals surface area contributed by atoms with E-state index in [2.05, 4.69) is 20.5 Å². The fourth-order valence-corrected chi connectivity index (χ4v) is 2.72. The normalized spacial score (nSPS) is 14.0. The molecule has 2 aromatic heterocycles. The first-order valence-corrected chi connectivity index (χ1v) is 8.85. The van der Waals surface area contributed by atoms with Gasteiger partial charge >= 0.3 is 6.09 Å². The summed E-state index contributed by atoms with van der Waals surface area (Å²) in [6.45, 7) is 4.97. The highest BCUT2D eigenvalue weighted by Crippen LogP contribution is 2.13. The molecule has 0 saturated carbocycles. The second-order valence-electron chi connectivity index (χ2n) is 5.99. The number of ether oxygens (including phenoxy) is 1. The monoisotopic (exact) mass is 370 g/mol. The molecule has 1 fully saturated rings. The van der Waals surface area contributed by atoms with Crippen LogP contribution in [0.5, 0.6) is 0 Å². The highest BCUT2D eigenvalue weighted by Gasteiger charge is 2.23. The average Bonchev–Trinajstić information content (AvgIpc) is 2.73. The molecule has 27 heavy (non-hydrogen) atoms. The van der Waals surface area contributed by atoms with Crippen LogP contribution in [0, 0.1) is 0 Å². The molecule has 2 aromatic rings. The van der Waals surface area contributed by atoms with Crippen LogP contribution in [0.25, 0.3) is 0 Å². The van der Waals surface area contributed by atoms with Crippen molar-refractivity contribution in [1.82, 2.24) is 25.4 Å². The Morgan fingerprint density at radius 3 is 2.44 bits per heavy atom. The number of hydrogen-bond donors (Lipinski definition) is 1. The summed E-state index contributed by atoms with van der Waals surface area (Å²) >= 11 is 0. The van der Waals surface area contributed by atoms with Crippen molar-refractivity contribution in [1.29, 1.82) is 0 Å². The van der Waals surface area contributed by atoms with E-state index in [-0.39, 0.29) is 17.7 Å².